The van der Waals surface area contributed by atoms with E-state index in [0.717, 1.165) is 48.4 Å². The summed E-state index contributed by atoms with van der Waals surface area (Å²) in [5, 5.41) is 0. The largest absolute Gasteiger partial charge is 0.490 e. The minimum Gasteiger partial charge on any atom is -0.490 e. The van der Waals surface area contributed by atoms with Crippen LogP contribution in [0.2, 0.25) is 0 Å². The molecule has 2 aromatic carbocycles. The van der Waals surface area contributed by atoms with E-state index >= 15 is 0 Å². The van der Waals surface area contributed by atoms with Gasteiger partial charge in [-0.25, -0.2) is 9.97 Å². The second-order valence-electron chi connectivity index (χ2n) is 8.11. The van der Waals surface area contributed by atoms with Crippen LogP contribution < -0.4 is 19.3 Å². The monoisotopic (exact) mass is 446 g/mol. The zero-order valence-corrected chi connectivity index (χ0v) is 19.2. The summed E-state index contributed by atoms with van der Waals surface area (Å²) in [7, 11) is 0. The fourth-order valence-corrected chi connectivity index (χ4v) is 4.00. The maximum Gasteiger partial charge on any atom is 0.225 e. The van der Waals surface area contributed by atoms with Crippen LogP contribution in [0.4, 0.5) is 11.6 Å². The number of nitrogens with zero attached hydrogens (tertiary/aromatic N) is 4. The number of hydrogen-bond donors (Lipinski definition) is 0. The Balaban J connectivity index is 1.42. The van der Waals surface area contributed by atoms with E-state index in [9.17, 15) is 4.79 Å². The van der Waals surface area contributed by atoms with Crippen LogP contribution in [0.5, 0.6) is 11.5 Å². The Morgan fingerprint density at radius 2 is 1.82 bits per heavy atom. The molecule has 1 unspecified atom stereocenters. The van der Waals surface area contributed by atoms with Gasteiger partial charge < -0.3 is 19.3 Å². The number of carbonyl (C=O) groups excluding carboxylic acids is 1. The van der Waals surface area contributed by atoms with Gasteiger partial charge in [0.15, 0.2) is 11.5 Å². The first-order chi connectivity index (χ1) is 16.2. The number of benzene rings is 2. The molecule has 33 heavy (non-hydrogen) atoms. The molecule has 2 heterocycles. The van der Waals surface area contributed by atoms with E-state index < -0.39 is 0 Å². The summed E-state index contributed by atoms with van der Waals surface area (Å²) in [6.07, 6.45) is 6.22. The lowest BCUT2D eigenvalue weighted by Crippen LogP contribution is -2.42. The van der Waals surface area contributed by atoms with Crippen LogP contribution in [0.1, 0.15) is 30.9 Å². The molecule has 0 bridgehead atoms. The predicted octanol–water partition coefficient (Wildman–Crippen LogP) is 4.39. The summed E-state index contributed by atoms with van der Waals surface area (Å²) >= 11 is 0. The third-order valence-corrected chi connectivity index (χ3v) is 5.79. The lowest BCUT2D eigenvalue weighted by atomic mass is 10.1. The van der Waals surface area contributed by atoms with Crippen molar-refractivity contribution in [2.24, 2.45) is 0 Å². The number of hydrogen-bond acceptors (Lipinski definition) is 6. The third kappa shape index (κ3) is 5.61. The van der Waals surface area contributed by atoms with Gasteiger partial charge in [-0.05, 0) is 49.9 Å². The standard InChI is InChI=1S/C26H30N4O3/c1-3-32-24-12-6-7-13-25(24)33-23-11-8-14-29(18-23)26-27-15-22(16-28-26)30(19-31)17-21-10-5-4-9-20(21)2/h4-7,9-10,12-13,15-16,19,23H,3,8,11,14,17-18H2,1-2H3. The number of piperidine rings is 1. The van der Waals surface area contributed by atoms with Gasteiger partial charge in [0.25, 0.3) is 0 Å². The van der Waals surface area contributed by atoms with Crippen molar-refractivity contribution >= 4 is 18.0 Å². The molecule has 1 amide bonds. The van der Waals surface area contributed by atoms with Gasteiger partial charge in [-0.15, -0.1) is 0 Å². The molecule has 1 aliphatic rings. The maximum atomic E-state index is 11.7. The Kier molecular flexibility index (Phi) is 7.40. The van der Waals surface area contributed by atoms with Crippen molar-refractivity contribution < 1.29 is 14.3 Å². The molecule has 0 N–H and O–H groups in total. The lowest BCUT2D eigenvalue weighted by Gasteiger charge is -2.33. The van der Waals surface area contributed by atoms with Crippen LogP contribution in [-0.4, -0.2) is 42.2 Å². The Labute approximate surface area is 195 Å². The molecule has 1 saturated heterocycles. The van der Waals surface area contributed by atoms with Crippen LogP contribution in [0, 0.1) is 6.92 Å². The summed E-state index contributed by atoms with van der Waals surface area (Å²) in [6.45, 7) is 6.65. The highest BCUT2D eigenvalue weighted by atomic mass is 16.5. The Hall–Kier alpha value is -3.61. The average Bonchev–Trinajstić information content (AvgIpc) is 2.85. The first-order valence-corrected chi connectivity index (χ1v) is 11.4. The first-order valence-electron chi connectivity index (χ1n) is 11.4. The van der Waals surface area contributed by atoms with E-state index in [-0.39, 0.29) is 6.10 Å². The molecule has 1 aromatic heterocycles. The van der Waals surface area contributed by atoms with Gasteiger partial charge >= 0.3 is 0 Å². The van der Waals surface area contributed by atoms with Gasteiger partial charge in [0.1, 0.15) is 6.10 Å². The average molecular weight is 447 g/mol. The summed E-state index contributed by atoms with van der Waals surface area (Å²) in [4.78, 5) is 24.6. The number of aromatic nitrogens is 2. The van der Waals surface area contributed by atoms with Crippen LogP contribution in [-0.2, 0) is 11.3 Å². The number of anilines is 2. The zero-order chi connectivity index (χ0) is 23.0. The molecule has 0 saturated carbocycles. The normalized spacial score (nSPS) is 15.7. The number of carbonyl (C=O) groups is 1. The predicted molar refractivity (Wildman–Crippen MR) is 129 cm³/mol. The van der Waals surface area contributed by atoms with Crippen LogP contribution >= 0.6 is 0 Å². The van der Waals surface area contributed by atoms with E-state index in [1.807, 2.05) is 62.4 Å². The lowest BCUT2D eigenvalue weighted by molar-refractivity contribution is -0.107. The van der Waals surface area contributed by atoms with Crippen molar-refractivity contribution in [3.63, 3.8) is 0 Å². The number of amides is 1. The molecule has 1 fully saturated rings. The van der Waals surface area contributed by atoms with Gasteiger partial charge in [-0.1, -0.05) is 36.4 Å². The molecular weight excluding hydrogens is 416 g/mol. The van der Waals surface area contributed by atoms with Crippen LogP contribution in [0.25, 0.3) is 0 Å². The van der Waals surface area contributed by atoms with Crippen LogP contribution in [0.3, 0.4) is 0 Å². The van der Waals surface area contributed by atoms with Crippen LogP contribution in [0.15, 0.2) is 60.9 Å². The Morgan fingerprint density at radius 1 is 1.09 bits per heavy atom. The highest BCUT2D eigenvalue weighted by Gasteiger charge is 2.24. The van der Waals surface area contributed by atoms with E-state index in [4.69, 9.17) is 9.47 Å². The molecule has 0 radical (unpaired) electrons. The van der Waals surface area contributed by atoms with Crippen molar-refractivity contribution in [2.45, 2.75) is 39.3 Å². The summed E-state index contributed by atoms with van der Waals surface area (Å²) < 4.78 is 12.0. The molecule has 7 heteroatoms. The third-order valence-electron chi connectivity index (χ3n) is 5.79. The zero-order valence-electron chi connectivity index (χ0n) is 19.2. The molecule has 4 rings (SSSR count). The van der Waals surface area contributed by atoms with Gasteiger partial charge in [0, 0.05) is 6.54 Å². The van der Waals surface area contributed by atoms with Crippen molar-refractivity contribution in [1.29, 1.82) is 0 Å². The molecule has 1 aliphatic heterocycles. The van der Waals surface area contributed by atoms with E-state index in [1.54, 1.807) is 17.3 Å². The minimum absolute atomic E-state index is 0.0242. The van der Waals surface area contributed by atoms with Gasteiger partial charge in [-0.3, -0.25) is 4.79 Å². The quantitative estimate of drug-likeness (QED) is 0.454. The Bertz CT molecular complexity index is 1060. The van der Waals surface area contributed by atoms with Crippen molar-refractivity contribution in [1.82, 2.24) is 9.97 Å². The Morgan fingerprint density at radius 3 is 2.55 bits per heavy atom. The topological polar surface area (TPSA) is 67.8 Å². The molecule has 3 aromatic rings. The van der Waals surface area contributed by atoms with Gasteiger partial charge in [0.05, 0.1) is 37.8 Å². The highest BCUT2D eigenvalue weighted by molar-refractivity contribution is 5.74. The van der Waals surface area contributed by atoms with Crippen molar-refractivity contribution in [3.05, 3.63) is 72.1 Å². The second kappa shape index (κ2) is 10.8. The molecule has 0 spiro atoms. The molecule has 172 valence electrons. The van der Waals surface area contributed by atoms with Crippen molar-refractivity contribution in [3.8, 4) is 11.5 Å². The van der Waals surface area contributed by atoms with E-state index in [1.165, 1.54) is 0 Å². The fourth-order valence-electron chi connectivity index (χ4n) is 4.00. The van der Waals surface area contributed by atoms with E-state index in [0.29, 0.717) is 31.3 Å². The van der Waals surface area contributed by atoms with Crippen molar-refractivity contribution in [2.75, 3.05) is 29.5 Å². The number of aryl methyl sites for hydroxylation is 1. The van der Waals surface area contributed by atoms with Gasteiger partial charge in [-0.2, -0.15) is 0 Å². The maximum absolute atomic E-state index is 11.7. The molecule has 1 atom stereocenters. The first kappa shape index (κ1) is 22.6. The van der Waals surface area contributed by atoms with Gasteiger partial charge in [0.2, 0.25) is 12.4 Å². The molecule has 7 nitrogen and oxygen atoms in total. The second-order valence-corrected chi connectivity index (χ2v) is 8.11. The highest BCUT2D eigenvalue weighted by Crippen LogP contribution is 2.29. The van der Waals surface area contributed by atoms with E-state index in [2.05, 4.69) is 14.9 Å². The smallest absolute Gasteiger partial charge is 0.225 e. The molecule has 0 aliphatic carbocycles. The summed E-state index contributed by atoms with van der Waals surface area (Å²) in [5.74, 6) is 2.17. The molecular formula is C26H30N4O3. The number of para-hydroxylation sites is 2. The summed E-state index contributed by atoms with van der Waals surface area (Å²) in [6, 6.07) is 15.8. The number of ether oxygens (including phenoxy) is 2. The fraction of sp³-hybridized carbons (Fsp3) is 0.346. The minimum atomic E-state index is 0.0242. The summed E-state index contributed by atoms with van der Waals surface area (Å²) in [5.41, 5.74) is 2.91. The SMILES string of the molecule is CCOc1ccccc1OC1CCCN(c2ncc(N(C=O)Cc3ccccc3C)cn2)C1. The number of rotatable bonds is 9.